The molecular weight excluding hydrogens is 392 g/mol. The molecule has 0 radical (unpaired) electrons. The van der Waals surface area contributed by atoms with Crippen LogP contribution in [-0.2, 0) is 12.8 Å². The van der Waals surface area contributed by atoms with Crippen molar-refractivity contribution in [3.05, 3.63) is 97.1 Å². The van der Waals surface area contributed by atoms with E-state index >= 15 is 0 Å². The van der Waals surface area contributed by atoms with Gasteiger partial charge in [-0.2, -0.15) is 0 Å². The zero-order valence-electron chi connectivity index (χ0n) is 19.0. The van der Waals surface area contributed by atoms with Gasteiger partial charge in [0.1, 0.15) is 0 Å². The monoisotopic (exact) mass is 428 g/mol. The third kappa shape index (κ3) is 4.13. The number of benzene rings is 2. The molecule has 2 N–H and O–H groups in total. The molecule has 2 aromatic rings. The molecule has 5 unspecified atom stereocenters. The first-order chi connectivity index (χ1) is 15.6. The van der Waals surface area contributed by atoms with Gasteiger partial charge >= 0.3 is 6.03 Å². The van der Waals surface area contributed by atoms with Crippen molar-refractivity contribution in [2.45, 2.75) is 44.6 Å². The van der Waals surface area contributed by atoms with E-state index in [4.69, 9.17) is 5.73 Å². The maximum absolute atomic E-state index is 12.6. The number of rotatable bonds is 8. The van der Waals surface area contributed by atoms with Crippen molar-refractivity contribution in [2.24, 2.45) is 28.9 Å². The number of hydrogen-bond donors (Lipinski definition) is 1. The molecule has 3 nitrogen and oxygen atoms in total. The first-order valence-electron chi connectivity index (χ1n) is 12.0. The molecule has 168 valence electrons. The minimum Gasteiger partial charge on any atom is -0.351 e. The summed E-state index contributed by atoms with van der Waals surface area (Å²) < 4.78 is 0. The van der Waals surface area contributed by atoms with Crippen LogP contribution in [-0.4, -0.2) is 23.5 Å². The zero-order chi connectivity index (χ0) is 22.6. The Morgan fingerprint density at radius 1 is 0.938 bits per heavy atom. The van der Waals surface area contributed by atoms with E-state index in [9.17, 15) is 4.79 Å². The maximum atomic E-state index is 12.6. The van der Waals surface area contributed by atoms with Crippen molar-refractivity contribution < 1.29 is 4.79 Å². The molecule has 1 saturated carbocycles. The second kappa shape index (κ2) is 9.77. The first-order valence-corrected chi connectivity index (χ1v) is 12.0. The Hall–Kier alpha value is -2.81. The third-order valence-corrected chi connectivity index (χ3v) is 8.14. The molecule has 2 aliphatic rings. The number of amides is 2. The second-order valence-corrected chi connectivity index (χ2v) is 9.65. The van der Waals surface area contributed by atoms with Gasteiger partial charge in [-0.3, -0.25) is 0 Å². The standard InChI is InChI=1S/C29H36N2O/c1-3-11-24-17-18-27-26(12-4-2)29(24,20-23-15-9-6-10-16-23)25(21-31(27)28(30)32)19-22-13-7-5-8-14-22/h3-10,13-16,24-27H,1-2,11-12,17-21H2,(H2,30,32). The summed E-state index contributed by atoms with van der Waals surface area (Å²) in [6.07, 6.45) is 10.1. The molecular formula is C29H36N2O. The maximum Gasteiger partial charge on any atom is 0.315 e. The molecule has 2 aromatic carbocycles. The molecule has 2 bridgehead atoms. The summed E-state index contributed by atoms with van der Waals surface area (Å²) in [5.74, 6) is 1.20. The molecule has 1 aliphatic heterocycles. The largest absolute Gasteiger partial charge is 0.351 e. The lowest BCUT2D eigenvalue weighted by atomic mass is 9.47. The Labute approximate surface area is 193 Å². The van der Waals surface area contributed by atoms with Gasteiger partial charge in [0, 0.05) is 12.6 Å². The van der Waals surface area contributed by atoms with Crippen LogP contribution in [0.1, 0.15) is 36.8 Å². The van der Waals surface area contributed by atoms with Gasteiger partial charge in [-0.25, -0.2) is 4.79 Å². The number of hydrogen-bond acceptors (Lipinski definition) is 1. The van der Waals surface area contributed by atoms with Gasteiger partial charge in [-0.15, -0.1) is 13.2 Å². The zero-order valence-corrected chi connectivity index (χ0v) is 19.0. The van der Waals surface area contributed by atoms with E-state index in [1.807, 2.05) is 4.90 Å². The predicted octanol–water partition coefficient (Wildman–Crippen LogP) is 6.02. The molecule has 32 heavy (non-hydrogen) atoms. The Bertz CT molecular complexity index is 925. The Balaban J connectivity index is 1.86. The van der Waals surface area contributed by atoms with Crippen LogP contribution >= 0.6 is 0 Å². The molecule has 2 fully saturated rings. The van der Waals surface area contributed by atoms with Crippen LogP contribution in [0.2, 0.25) is 0 Å². The van der Waals surface area contributed by atoms with Crippen molar-refractivity contribution >= 4 is 6.03 Å². The third-order valence-electron chi connectivity index (χ3n) is 8.14. The van der Waals surface area contributed by atoms with Crippen LogP contribution in [0.3, 0.4) is 0 Å². The smallest absolute Gasteiger partial charge is 0.315 e. The normalized spacial score (nSPS) is 29.3. The molecule has 3 heteroatoms. The molecule has 0 aromatic heterocycles. The fourth-order valence-electron chi connectivity index (χ4n) is 6.92. The number of allylic oxidation sites excluding steroid dienone is 2. The predicted molar refractivity (Wildman–Crippen MR) is 132 cm³/mol. The van der Waals surface area contributed by atoms with Crippen molar-refractivity contribution in [3.63, 3.8) is 0 Å². The van der Waals surface area contributed by atoms with Gasteiger partial charge < -0.3 is 10.6 Å². The second-order valence-electron chi connectivity index (χ2n) is 9.65. The minimum absolute atomic E-state index is 0.0639. The Kier molecular flexibility index (Phi) is 6.83. The summed E-state index contributed by atoms with van der Waals surface area (Å²) >= 11 is 0. The van der Waals surface area contributed by atoms with E-state index in [2.05, 4.69) is 86.0 Å². The van der Waals surface area contributed by atoms with Gasteiger partial charge in [-0.05, 0) is 72.8 Å². The SMILES string of the molecule is C=CCC1CCC2C(CC=C)C1(Cc1ccccc1)C(Cc1ccccc1)CN2C(N)=O. The van der Waals surface area contributed by atoms with Crippen LogP contribution in [0.5, 0.6) is 0 Å². The van der Waals surface area contributed by atoms with Gasteiger partial charge in [0.25, 0.3) is 0 Å². The lowest BCUT2D eigenvalue weighted by Crippen LogP contribution is -2.67. The lowest BCUT2D eigenvalue weighted by molar-refractivity contribution is -0.121. The highest BCUT2D eigenvalue weighted by molar-refractivity contribution is 5.72. The lowest BCUT2D eigenvalue weighted by Gasteiger charge is -2.63. The van der Waals surface area contributed by atoms with E-state index in [1.54, 1.807) is 0 Å². The summed E-state index contributed by atoms with van der Waals surface area (Å²) in [5.41, 5.74) is 8.72. The van der Waals surface area contributed by atoms with Gasteiger partial charge in [0.15, 0.2) is 0 Å². The van der Waals surface area contributed by atoms with Crippen LogP contribution in [0.4, 0.5) is 4.79 Å². The summed E-state index contributed by atoms with van der Waals surface area (Å²) in [6.45, 7) is 8.96. The van der Waals surface area contributed by atoms with E-state index in [0.29, 0.717) is 17.8 Å². The molecule has 1 saturated heterocycles. The number of nitrogens with zero attached hydrogens (tertiary/aromatic N) is 1. The molecule has 4 rings (SSSR count). The van der Waals surface area contributed by atoms with E-state index in [1.165, 1.54) is 11.1 Å². The topological polar surface area (TPSA) is 46.3 Å². The molecule has 1 heterocycles. The summed E-state index contributed by atoms with van der Waals surface area (Å²) in [5, 5.41) is 0. The molecule has 1 aliphatic carbocycles. The molecule has 5 atom stereocenters. The highest BCUT2D eigenvalue weighted by Crippen LogP contribution is 2.59. The minimum atomic E-state index is -0.280. The average Bonchev–Trinajstić information content (AvgIpc) is 2.80. The number of carbonyl (C=O) groups is 1. The Morgan fingerprint density at radius 2 is 1.56 bits per heavy atom. The van der Waals surface area contributed by atoms with E-state index < -0.39 is 0 Å². The number of urea groups is 1. The van der Waals surface area contributed by atoms with Gasteiger partial charge in [-0.1, -0.05) is 72.8 Å². The fourth-order valence-corrected chi connectivity index (χ4v) is 6.92. The van der Waals surface area contributed by atoms with E-state index in [0.717, 1.165) is 45.1 Å². The van der Waals surface area contributed by atoms with Crippen LogP contribution in [0.15, 0.2) is 86.0 Å². The summed E-state index contributed by atoms with van der Waals surface area (Å²) in [6, 6.07) is 21.5. The quantitative estimate of drug-likeness (QED) is 0.514. The van der Waals surface area contributed by atoms with Gasteiger partial charge in [0.05, 0.1) is 0 Å². The molecule has 0 spiro atoms. The number of fused-ring (bicyclic) bond motifs is 2. The fraction of sp³-hybridized carbons (Fsp3) is 0.414. The van der Waals surface area contributed by atoms with Crippen LogP contribution < -0.4 is 5.73 Å². The highest BCUT2D eigenvalue weighted by atomic mass is 16.2. The number of primary amides is 1. The van der Waals surface area contributed by atoms with E-state index in [-0.39, 0.29) is 17.5 Å². The first kappa shape index (κ1) is 22.4. The number of likely N-dealkylation sites (tertiary alicyclic amines) is 1. The van der Waals surface area contributed by atoms with Crippen molar-refractivity contribution in [1.29, 1.82) is 0 Å². The summed E-state index contributed by atoms with van der Waals surface area (Å²) in [4.78, 5) is 14.6. The van der Waals surface area contributed by atoms with Crippen LogP contribution in [0.25, 0.3) is 0 Å². The van der Waals surface area contributed by atoms with Crippen LogP contribution in [0, 0.1) is 23.2 Å². The highest BCUT2D eigenvalue weighted by Gasteiger charge is 2.59. The number of piperidine rings is 1. The van der Waals surface area contributed by atoms with Crippen molar-refractivity contribution in [1.82, 2.24) is 4.90 Å². The van der Waals surface area contributed by atoms with Crippen molar-refractivity contribution in [2.75, 3.05) is 6.54 Å². The number of carbonyl (C=O) groups excluding carboxylic acids is 1. The Morgan fingerprint density at radius 3 is 2.16 bits per heavy atom. The van der Waals surface area contributed by atoms with Crippen molar-refractivity contribution in [3.8, 4) is 0 Å². The van der Waals surface area contributed by atoms with Gasteiger partial charge in [0.2, 0.25) is 0 Å². The summed E-state index contributed by atoms with van der Waals surface area (Å²) in [7, 11) is 0. The average molecular weight is 429 g/mol. The number of nitrogens with two attached hydrogens (primary N) is 1. The molecule has 2 amide bonds.